The molecule has 2 N–H and O–H groups in total. The van der Waals surface area contributed by atoms with E-state index in [9.17, 15) is 27.9 Å². The van der Waals surface area contributed by atoms with Crippen LogP contribution in [0.15, 0.2) is 22.3 Å². The molecule has 0 aliphatic heterocycles. The van der Waals surface area contributed by atoms with Gasteiger partial charge in [0, 0.05) is 11.1 Å². The molecular weight excluding hydrogens is 333 g/mol. The number of aromatic nitrogens is 1. The minimum Gasteiger partial charge on any atom is -0.394 e. The Morgan fingerprint density at radius 3 is 2.43 bits per heavy atom. The average Bonchev–Trinajstić information content (AvgIpc) is 2.81. The van der Waals surface area contributed by atoms with E-state index >= 15 is 0 Å². The number of halogens is 3. The Balaban J connectivity index is 2.16. The number of aliphatic hydroxyl groups excluding tert-OH is 1. The summed E-state index contributed by atoms with van der Waals surface area (Å²) in [4.78, 5) is 23.2. The van der Waals surface area contributed by atoms with Crippen molar-refractivity contribution in [3.05, 3.63) is 55.9 Å². The summed E-state index contributed by atoms with van der Waals surface area (Å²) in [6.07, 6.45) is 0. The van der Waals surface area contributed by atoms with Crippen LogP contribution in [0.2, 0.25) is 0 Å². The summed E-state index contributed by atoms with van der Waals surface area (Å²) in [5.74, 6) is -5.09. The molecule has 1 amide bonds. The Hall–Kier alpha value is -2.13. The van der Waals surface area contributed by atoms with E-state index in [1.54, 1.807) is 12.3 Å². The summed E-state index contributed by atoms with van der Waals surface area (Å²) >= 11 is 0.937. The molecule has 1 heterocycles. The number of rotatable bonds is 5. The highest BCUT2D eigenvalue weighted by Gasteiger charge is 2.19. The quantitative estimate of drug-likeness (QED) is 0.806. The second kappa shape index (κ2) is 6.97. The molecule has 5 nitrogen and oxygen atoms in total. The summed E-state index contributed by atoms with van der Waals surface area (Å²) in [6, 6.07) is 0.269. The highest BCUT2D eigenvalue weighted by atomic mass is 32.1. The first kappa shape index (κ1) is 17.2. The summed E-state index contributed by atoms with van der Waals surface area (Å²) in [6.45, 7) is 0.712. The third kappa shape index (κ3) is 3.80. The highest BCUT2D eigenvalue weighted by molar-refractivity contribution is 7.07. The zero-order chi connectivity index (χ0) is 17.1. The number of aryl methyl sites for hydroxylation is 1. The van der Waals surface area contributed by atoms with Gasteiger partial charge in [-0.3, -0.25) is 14.2 Å². The van der Waals surface area contributed by atoms with Gasteiger partial charge >= 0.3 is 4.87 Å². The van der Waals surface area contributed by atoms with Gasteiger partial charge in [-0.25, -0.2) is 13.2 Å². The SMILES string of the molecule is Cc1csc(=O)n1CC(=O)NC(CO)c1cc(F)c(F)c(F)c1. The van der Waals surface area contributed by atoms with Gasteiger partial charge in [-0.2, -0.15) is 0 Å². The minimum atomic E-state index is -1.63. The molecule has 0 bridgehead atoms. The van der Waals surface area contributed by atoms with Gasteiger partial charge < -0.3 is 10.4 Å². The first-order valence-electron chi connectivity index (χ1n) is 6.53. The van der Waals surface area contributed by atoms with Crippen LogP contribution < -0.4 is 10.2 Å². The third-order valence-corrected chi connectivity index (χ3v) is 4.09. The summed E-state index contributed by atoms with van der Waals surface area (Å²) in [7, 11) is 0. The van der Waals surface area contributed by atoms with Gasteiger partial charge in [-0.05, 0) is 24.6 Å². The minimum absolute atomic E-state index is 0.119. The van der Waals surface area contributed by atoms with Crippen LogP contribution in [0.25, 0.3) is 0 Å². The average molecular weight is 346 g/mol. The number of thiazole rings is 1. The van der Waals surface area contributed by atoms with Crippen LogP contribution in [0.4, 0.5) is 13.2 Å². The molecule has 1 unspecified atom stereocenters. The van der Waals surface area contributed by atoms with Gasteiger partial charge in [-0.15, -0.1) is 0 Å². The first-order valence-corrected chi connectivity index (χ1v) is 7.41. The van der Waals surface area contributed by atoms with Crippen molar-refractivity contribution >= 4 is 17.2 Å². The van der Waals surface area contributed by atoms with E-state index in [4.69, 9.17) is 0 Å². The van der Waals surface area contributed by atoms with Gasteiger partial charge in [0.15, 0.2) is 17.5 Å². The number of amides is 1. The molecule has 0 saturated carbocycles. The number of carbonyl (C=O) groups is 1. The van der Waals surface area contributed by atoms with Crippen molar-refractivity contribution in [1.29, 1.82) is 0 Å². The zero-order valence-corrected chi connectivity index (χ0v) is 12.8. The molecule has 9 heteroatoms. The van der Waals surface area contributed by atoms with E-state index in [1.807, 2.05) is 0 Å². The van der Waals surface area contributed by atoms with Crippen LogP contribution in [0.3, 0.4) is 0 Å². The Morgan fingerprint density at radius 1 is 1.35 bits per heavy atom. The van der Waals surface area contributed by atoms with Gasteiger partial charge in [-0.1, -0.05) is 11.3 Å². The number of hydrogen-bond donors (Lipinski definition) is 2. The lowest BCUT2D eigenvalue weighted by atomic mass is 10.1. The van der Waals surface area contributed by atoms with E-state index < -0.39 is 36.0 Å². The summed E-state index contributed by atoms with van der Waals surface area (Å²) in [5, 5.41) is 13.2. The van der Waals surface area contributed by atoms with Crippen LogP contribution in [0.5, 0.6) is 0 Å². The monoisotopic (exact) mass is 346 g/mol. The van der Waals surface area contributed by atoms with Crippen LogP contribution >= 0.6 is 11.3 Å². The zero-order valence-electron chi connectivity index (χ0n) is 12.0. The maximum atomic E-state index is 13.2. The van der Waals surface area contributed by atoms with Gasteiger partial charge in [0.25, 0.3) is 0 Å². The lowest BCUT2D eigenvalue weighted by Gasteiger charge is -2.17. The van der Waals surface area contributed by atoms with E-state index in [-0.39, 0.29) is 17.0 Å². The fraction of sp³-hybridized carbons (Fsp3) is 0.286. The Kier molecular flexibility index (Phi) is 5.22. The number of hydrogen-bond acceptors (Lipinski definition) is 4. The van der Waals surface area contributed by atoms with Gasteiger partial charge in [0.05, 0.1) is 12.6 Å². The molecule has 1 aromatic heterocycles. The van der Waals surface area contributed by atoms with Gasteiger partial charge in [0.1, 0.15) is 6.54 Å². The number of carbonyl (C=O) groups excluding carboxylic acids is 1. The van der Waals surface area contributed by atoms with Crippen molar-refractivity contribution in [2.24, 2.45) is 0 Å². The summed E-state index contributed by atoms with van der Waals surface area (Å²) < 4.78 is 40.6. The fourth-order valence-corrected chi connectivity index (χ4v) is 2.72. The van der Waals surface area contributed by atoms with Crippen LogP contribution in [0, 0.1) is 24.4 Å². The maximum Gasteiger partial charge on any atom is 0.307 e. The molecule has 23 heavy (non-hydrogen) atoms. The molecule has 1 atom stereocenters. The van der Waals surface area contributed by atoms with Crippen molar-refractivity contribution in [2.45, 2.75) is 19.5 Å². The van der Waals surface area contributed by atoms with Crippen LogP contribution in [-0.2, 0) is 11.3 Å². The predicted octanol–water partition coefficient (Wildman–Crippen LogP) is 1.49. The van der Waals surface area contributed by atoms with Crippen LogP contribution in [0.1, 0.15) is 17.3 Å². The maximum absolute atomic E-state index is 13.2. The predicted molar refractivity (Wildman–Crippen MR) is 77.6 cm³/mol. The first-order chi connectivity index (χ1) is 10.8. The molecule has 0 saturated heterocycles. The van der Waals surface area contributed by atoms with E-state index in [0.29, 0.717) is 17.8 Å². The smallest absolute Gasteiger partial charge is 0.307 e. The van der Waals surface area contributed by atoms with E-state index in [1.165, 1.54) is 4.57 Å². The van der Waals surface area contributed by atoms with Gasteiger partial charge in [0.2, 0.25) is 5.91 Å². The van der Waals surface area contributed by atoms with Crippen molar-refractivity contribution in [1.82, 2.24) is 9.88 Å². The van der Waals surface area contributed by atoms with E-state index in [2.05, 4.69) is 5.32 Å². The number of aliphatic hydroxyl groups is 1. The molecule has 2 aromatic rings. The topological polar surface area (TPSA) is 71.3 Å². The molecule has 2 rings (SSSR count). The molecular formula is C14H13F3N2O3S. The standard InChI is InChI=1S/C14H13F3N2O3S/c1-7-6-23-14(22)19(7)4-12(21)18-11(5-20)8-2-9(15)13(17)10(16)3-8/h2-3,6,11,20H,4-5H2,1H3,(H,18,21). The van der Waals surface area contributed by atoms with E-state index in [0.717, 1.165) is 11.3 Å². The lowest BCUT2D eigenvalue weighted by molar-refractivity contribution is -0.122. The second-order valence-electron chi connectivity index (χ2n) is 4.83. The molecule has 0 fully saturated rings. The van der Waals surface area contributed by atoms with Crippen molar-refractivity contribution in [2.75, 3.05) is 6.61 Å². The van der Waals surface area contributed by atoms with Crippen molar-refractivity contribution in [3.63, 3.8) is 0 Å². The number of nitrogens with one attached hydrogen (secondary N) is 1. The van der Waals surface area contributed by atoms with Crippen molar-refractivity contribution < 1.29 is 23.1 Å². The normalized spacial score (nSPS) is 12.2. The molecule has 0 aliphatic carbocycles. The second-order valence-corrected chi connectivity index (χ2v) is 5.65. The van der Waals surface area contributed by atoms with Crippen LogP contribution in [-0.4, -0.2) is 22.2 Å². The molecule has 124 valence electrons. The Labute approximate surface area is 133 Å². The third-order valence-electron chi connectivity index (χ3n) is 3.20. The fourth-order valence-electron chi connectivity index (χ4n) is 1.99. The number of nitrogens with zero attached hydrogens (tertiary/aromatic N) is 1. The summed E-state index contributed by atoms with van der Waals surface area (Å²) in [5.41, 5.74) is 0.473. The molecule has 0 radical (unpaired) electrons. The Bertz CT molecular complexity index is 765. The van der Waals surface area contributed by atoms with Crippen molar-refractivity contribution in [3.8, 4) is 0 Å². The molecule has 0 aliphatic rings. The molecule has 1 aromatic carbocycles. The lowest BCUT2D eigenvalue weighted by Crippen LogP contribution is -2.35. The Morgan fingerprint density at radius 2 is 1.96 bits per heavy atom. The largest absolute Gasteiger partial charge is 0.394 e. The highest BCUT2D eigenvalue weighted by Crippen LogP contribution is 2.19. The number of benzene rings is 1. The molecule has 0 spiro atoms.